The summed E-state index contributed by atoms with van der Waals surface area (Å²) in [4.78, 5) is 0.236. The molecule has 4 nitrogen and oxygen atoms in total. The van der Waals surface area contributed by atoms with Crippen molar-refractivity contribution >= 4 is 15.7 Å². The van der Waals surface area contributed by atoms with Crippen LogP contribution in [-0.2, 0) is 16.6 Å². The zero-order valence-electron chi connectivity index (χ0n) is 17.2. The molecular weight excluding hydrogens is 406 g/mol. The van der Waals surface area contributed by atoms with Gasteiger partial charge < -0.3 is 4.74 Å². The van der Waals surface area contributed by atoms with Gasteiger partial charge >= 0.3 is 0 Å². The Morgan fingerprint density at radius 2 is 1.42 bits per heavy atom. The van der Waals surface area contributed by atoms with Crippen molar-refractivity contribution in [2.45, 2.75) is 18.4 Å². The topological polar surface area (TPSA) is 55.4 Å². The van der Waals surface area contributed by atoms with Crippen LogP contribution in [0, 0.1) is 6.92 Å². The van der Waals surface area contributed by atoms with Gasteiger partial charge in [0, 0.05) is 5.69 Å². The molecule has 4 aromatic carbocycles. The molecule has 0 aliphatic rings. The molecule has 0 heterocycles. The van der Waals surface area contributed by atoms with E-state index < -0.39 is 10.0 Å². The van der Waals surface area contributed by atoms with Gasteiger partial charge in [0.1, 0.15) is 12.4 Å². The van der Waals surface area contributed by atoms with Gasteiger partial charge in [-0.05, 0) is 60.0 Å². The molecule has 0 aliphatic carbocycles. The van der Waals surface area contributed by atoms with E-state index in [0.717, 1.165) is 28.0 Å². The van der Waals surface area contributed by atoms with Crippen molar-refractivity contribution in [1.82, 2.24) is 0 Å². The van der Waals surface area contributed by atoms with Crippen LogP contribution in [0.2, 0.25) is 0 Å². The van der Waals surface area contributed by atoms with E-state index in [0.29, 0.717) is 12.3 Å². The summed E-state index contributed by atoms with van der Waals surface area (Å²) < 4.78 is 34.0. The minimum Gasteiger partial charge on any atom is -0.489 e. The Bertz CT molecular complexity index is 1270. The molecule has 31 heavy (non-hydrogen) atoms. The first-order valence-electron chi connectivity index (χ1n) is 9.96. The van der Waals surface area contributed by atoms with Crippen LogP contribution in [0.5, 0.6) is 5.75 Å². The molecule has 4 aromatic rings. The van der Waals surface area contributed by atoms with Gasteiger partial charge in [-0.1, -0.05) is 72.3 Å². The highest BCUT2D eigenvalue weighted by molar-refractivity contribution is 7.92. The van der Waals surface area contributed by atoms with Gasteiger partial charge in [0.15, 0.2) is 0 Å². The predicted octanol–water partition coefficient (Wildman–Crippen LogP) is 6.04. The molecule has 0 radical (unpaired) electrons. The van der Waals surface area contributed by atoms with Crippen LogP contribution in [0.15, 0.2) is 108 Å². The fourth-order valence-corrected chi connectivity index (χ4v) is 4.25. The van der Waals surface area contributed by atoms with E-state index in [1.165, 1.54) is 0 Å². The van der Waals surface area contributed by atoms with Crippen molar-refractivity contribution in [2.75, 3.05) is 4.72 Å². The zero-order valence-corrected chi connectivity index (χ0v) is 18.0. The van der Waals surface area contributed by atoms with Gasteiger partial charge in [-0.2, -0.15) is 0 Å². The molecule has 4 rings (SSSR count). The number of benzene rings is 4. The highest BCUT2D eigenvalue weighted by Crippen LogP contribution is 2.27. The maximum Gasteiger partial charge on any atom is 0.261 e. The van der Waals surface area contributed by atoms with E-state index in [9.17, 15) is 8.42 Å². The lowest BCUT2D eigenvalue weighted by Crippen LogP contribution is -2.12. The van der Waals surface area contributed by atoms with Crippen LogP contribution in [0.25, 0.3) is 11.1 Å². The second-order valence-electron chi connectivity index (χ2n) is 7.30. The monoisotopic (exact) mass is 429 g/mol. The Kier molecular flexibility index (Phi) is 6.05. The standard InChI is InChI=1S/C26H23NO3S/c1-20-13-15-26(16-14-20)31(28,29)27-24-11-5-9-22(17-24)23-10-6-12-25(18-23)30-19-21-7-3-2-4-8-21/h2-18,27H,19H2,1H3. The van der Waals surface area contributed by atoms with E-state index in [4.69, 9.17) is 4.74 Å². The average Bonchev–Trinajstić information content (AvgIpc) is 2.79. The quantitative estimate of drug-likeness (QED) is 0.390. The Hall–Kier alpha value is -3.57. The first-order chi connectivity index (χ1) is 15.0. The predicted molar refractivity (Wildman–Crippen MR) is 125 cm³/mol. The van der Waals surface area contributed by atoms with Crippen molar-refractivity contribution in [3.8, 4) is 16.9 Å². The number of hydrogen-bond acceptors (Lipinski definition) is 3. The van der Waals surface area contributed by atoms with E-state index in [-0.39, 0.29) is 4.90 Å². The fraction of sp³-hybridized carbons (Fsp3) is 0.0769. The van der Waals surface area contributed by atoms with Gasteiger partial charge in [-0.3, -0.25) is 4.72 Å². The van der Waals surface area contributed by atoms with Gasteiger partial charge in [0.05, 0.1) is 4.90 Å². The molecule has 0 aromatic heterocycles. The summed E-state index contributed by atoms with van der Waals surface area (Å²) in [5.74, 6) is 0.756. The molecule has 0 unspecified atom stereocenters. The normalized spacial score (nSPS) is 11.1. The van der Waals surface area contributed by atoms with Crippen LogP contribution >= 0.6 is 0 Å². The third kappa shape index (κ3) is 5.32. The van der Waals surface area contributed by atoms with Crippen LogP contribution in [0.4, 0.5) is 5.69 Å². The largest absolute Gasteiger partial charge is 0.489 e. The van der Waals surface area contributed by atoms with Crippen molar-refractivity contribution in [2.24, 2.45) is 0 Å². The number of sulfonamides is 1. The van der Waals surface area contributed by atoms with Crippen LogP contribution < -0.4 is 9.46 Å². The summed E-state index contributed by atoms with van der Waals surface area (Å²) in [6, 6.07) is 31.9. The lowest BCUT2D eigenvalue weighted by molar-refractivity contribution is 0.306. The second-order valence-corrected chi connectivity index (χ2v) is 8.98. The number of aryl methyl sites for hydroxylation is 1. The van der Waals surface area contributed by atoms with E-state index >= 15 is 0 Å². The Labute approximate surface area is 183 Å². The summed E-state index contributed by atoms with van der Waals surface area (Å²) in [5, 5.41) is 0. The van der Waals surface area contributed by atoms with E-state index in [1.807, 2.05) is 79.7 Å². The minimum absolute atomic E-state index is 0.236. The number of anilines is 1. The minimum atomic E-state index is -3.65. The molecule has 0 saturated carbocycles. The highest BCUT2D eigenvalue weighted by Gasteiger charge is 2.14. The van der Waals surface area contributed by atoms with Crippen molar-refractivity contribution < 1.29 is 13.2 Å². The number of nitrogens with one attached hydrogen (secondary N) is 1. The fourth-order valence-electron chi connectivity index (χ4n) is 3.20. The molecule has 0 saturated heterocycles. The van der Waals surface area contributed by atoms with Gasteiger partial charge in [0.25, 0.3) is 10.0 Å². The van der Waals surface area contributed by atoms with Gasteiger partial charge in [-0.15, -0.1) is 0 Å². The third-order valence-electron chi connectivity index (χ3n) is 4.86. The Morgan fingerprint density at radius 1 is 0.742 bits per heavy atom. The Morgan fingerprint density at radius 3 is 2.16 bits per heavy atom. The SMILES string of the molecule is Cc1ccc(S(=O)(=O)Nc2cccc(-c3cccc(OCc4ccccc4)c3)c2)cc1. The highest BCUT2D eigenvalue weighted by atomic mass is 32.2. The maximum absolute atomic E-state index is 12.7. The molecule has 156 valence electrons. The molecule has 5 heteroatoms. The maximum atomic E-state index is 12.7. The van der Waals surface area contributed by atoms with Gasteiger partial charge in [0.2, 0.25) is 0 Å². The van der Waals surface area contributed by atoms with Crippen molar-refractivity contribution in [3.63, 3.8) is 0 Å². The molecule has 0 bridgehead atoms. The molecule has 0 fully saturated rings. The average molecular weight is 430 g/mol. The third-order valence-corrected chi connectivity index (χ3v) is 6.26. The molecule has 0 aliphatic heterocycles. The molecule has 0 spiro atoms. The number of hydrogen-bond donors (Lipinski definition) is 1. The number of rotatable bonds is 7. The number of ether oxygens (including phenoxy) is 1. The lowest BCUT2D eigenvalue weighted by atomic mass is 10.1. The Balaban J connectivity index is 1.52. The molecule has 1 N–H and O–H groups in total. The van der Waals surface area contributed by atoms with Crippen molar-refractivity contribution in [1.29, 1.82) is 0 Å². The first-order valence-corrected chi connectivity index (χ1v) is 11.4. The summed E-state index contributed by atoms with van der Waals surface area (Å²) in [5.41, 5.74) is 4.46. The molecule has 0 atom stereocenters. The first kappa shape index (κ1) is 20.7. The van der Waals surface area contributed by atoms with Crippen LogP contribution in [0.3, 0.4) is 0 Å². The second kappa shape index (κ2) is 9.06. The smallest absolute Gasteiger partial charge is 0.261 e. The van der Waals surface area contributed by atoms with Gasteiger partial charge in [-0.25, -0.2) is 8.42 Å². The summed E-state index contributed by atoms with van der Waals surface area (Å²) >= 11 is 0. The molecular formula is C26H23NO3S. The van der Waals surface area contributed by atoms with E-state index in [2.05, 4.69) is 4.72 Å². The summed E-state index contributed by atoms with van der Waals surface area (Å²) in [7, 11) is -3.65. The van der Waals surface area contributed by atoms with Crippen LogP contribution in [-0.4, -0.2) is 8.42 Å². The zero-order chi connectivity index (χ0) is 21.7. The lowest BCUT2D eigenvalue weighted by Gasteiger charge is -2.11. The summed E-state index contributed by atoms with van der Waals surface area (Å²) in [6.07, 6.45) is 0. The summed E-state index contributed by atoms with van der Waals surface area (Å²) in [6.45, 7) is 2.41. The van der Waals surface area contributed by atoms with Crippen LogP contribution in [0.1, 0.15) is 11.1 Å². The molecule has 0 amide bonds. The van der Waals surface area contributed by atoms with E-state index in [1.54, 1.807) is 30.3 Å². The van der Waals surface area contributed by atoms with Crippen molar-refractivity contribution in [3.05, 3.63) is 114 Å².